The Bertz CT molecular complexity index is 639. The van der Waals surface area contributed by atoms with Crippen molar-refractivity contribution in [1.82, 2.24) is 14.5 Å². The van der Waals surface area contributed by atoms with Gasteiger partial charge in [-0.25, -0.2) is 9.59 Å². The van der Waals surface area contributed by atoms with Gasteiger partial charge in [0.05, 0.1) is 18.8 Å². The van der Waals surface area contributed by atoms with Crippen LogP contribution in [0, 0.1) is 0 Å². The van der Waals surface area contributed by atoms with Gasteiger partial charge in [-0.15, -0.1) is 0 Å². The fraction of sp³-hybridized carbons (Fsp3) is 0.643. The topological polar surface area (TPSA) is 131 Å². The minimum absolute atomic E-state index is 0.0428. The molecule has 0 bridgehead atoms. The molecule has 1 aliphatic rings. The zero-order chi connectivity index (χ0) is 17.4. The number of aliphatic hydroxyl groups is 2. The summed E-state index contributed by atoms with van der Waals surface area (Å²) in [5.74, 6) is 0.0428. The smallest absolute Gasteiger partial charge is 0.412 e. The molecular weight excluding hydrogens is 304 g/mol. The second kappa shape index (κ2) is 6.17. The van der Waals surface area contributed by atoms with Crippen LogP contribution in [0.1, 0.15) is 33.4 Å². The molecule has 1 aromatic rings. The van der Waals surface area contributed by atoms with Gasteiger partial charge >= 0.3 is 11.8 Å². The van der Waals surface area contributed by atoms with Crippen LogP contribution in [-0.2, 0) is 4.74 Å². The average Bonchev–Trinajstić information content (AvgIpc) is 2.74. The number of carbonyl (C=O) groups is 1. The first-order valence-electron chi connectivity index (χ1n) is 7.29. The molecule has 2 heterocycles. The van der Waals surface area contributed by atoms with Crippen molar-refractivity contribution < 1.29 is 19.7 Å². The highest BCUT2D eigenvalue weighted by molar-refractivity contribution is 5.69. The van der Waals surface area contributed by atoms with Crippen LogP contribution < -0.4 is 11.4 Å². The number of nitrogens with zero attached hydrogens (tertiary/aromatic N) is 3. The van der Waals surface area contributed by atoms with Crippen LogP contribution >= 0.6 is 0 Å². The number of carbonyl (C=O) groups excluding carboxylic acids is 1. The highest BCUT2D eigenvalue weighted by Gasteiger charge is 2.46. The quantitative estimate of drug-likeness (QED) is 0.679. The lowest BCUT2D eigenvalue weighted by atomic mass is 10.2. The minimum Gasteiger partial charge on any atom is -0.444 e. The molecule has 1 saturated heterocycles. The van der Waals surface area contributed by atoms with Crippen LogP contribution in [0.25, 0.3) is 0 Å². The summed E-state index contributed by atoms with van der Waals surface area (Å²) < 4.78 is 6.43. The third-order valence-corrected chi connectivity index (χ3v) is 3.49. The van der Waals surface area contributed by atoms with E-state index in [1.165, 1.54) is 17.2 Å². The Morgan fingerprint density at radius 2 is 2.17 bits per heavy atom. The molecule has 1 aromatic heterocycles. The van der Waals surface area contributed by atoms with E-state index < -0.39 is 35.7 Å². The van der Waals surface area contributed by atoms with Crippen LogP contribution in [0.4, 0.5) is 10.6 Å². The van der Waals surface area contributed by atoms with Gasteiger partial charge in [-0.3, -0.25) is 9.47 Å². The van der Waals surface area contributed by atoms with Gasteiger partial charge in [0.25, 0.3) is 0 Å². The predicted octanol–water partition coefficient (Wildman–Crippen LogP) is -0.313. The van der Waals surface area contributed by atoms with Crippen LogP contribution in [0.5, 0.6) is 0 Å². The fourth-order valence-electron chi connectivity index (χ4n) is 2.60. The van der Waals surface area contributed by atoms with E-state index in [-0.39, 0.29) is 18.8 Å². The molecular formula is C14H22N4O5. The van der Waals surface area contributed by atoms with Crippen molar-refractivity contribution in [3.63, 3.8) is 0 Å². The van der Waals surface area contributed by atoms with Crippen molar-refractivity contribution in [2.45, 2.75) is 51.1 Å². The molecule has 128 valence electrons. The summed E-state index contributed by atoms with van der Waals surface area (Å²) in [6, 6.07) is 0.738. The SMILES string of the molecule is CC(C)(C)OC(=O)N1[C@H](CO)C[C@@H](O)[C@@H]1n1ccc(N)nc1=O. The lowest BCUT2D eigenvalue weighted by Gasteiger charge is -2.32. The number of likely N-dealkylation sites (tertiary alicyclic amines) is 1. The van der Waals surface area contributed by atoms with Gasteiger partial charge in [0.15, 0.2) is 0 Å². The first kappa shape index (κ1) is 17.2. The highest BCUT2D eigenvalue weighted by atomic mass is 16.6. The van der Waals surface area contributed by atoms with Crippen LogP contribution in [-0.4, -0.2) is 55.1 Å². The molecule has 0 radical (unpaired) electrons. The molecule has 1 amide bonds. The number of nitrogens with two attached hydrogens (primary N) is 1. The summed E-state index contributed by atoms with van der Waals surface area (Å²) in [5.41, 5.74) is 4.02. The Balaban J connectivity index is 2.41. The third kappa shape index (κ3) is 3.62. The van der Waals surface area contributed by atoms with Gasteiger partial charge < -0.3 is 20.7 Å². The van der Waals surface area contributed by atoms with E-state index in [2.05, 4.69) is 4.98 Å². The second-order valence-corrected chi connectivity index (χ2v) is 6.48. The maximum atomic E-state index is 12.5. The number of aromatic nitrogens is 2. The Labute approximate surface area is 133 Å². The van der Waals surface area contributed by atoms with Crippen LogP contribution in [0.2, 0.25) is 0 Å². The summed E-state index contributed by atoms with van der Waals surface area (Å²) in [6.45, 7) is 4.76. The largest absolute Gasteiger partial charge is 0.444 e. The number of amides is 1. The zero-order valence-electron chi connectivity index (χ0n) is 13.3. The Morgan fingerprint density at radius 1 is 1.52 bits per heavy atom. The summed E-state index contributed by atoms with van der Waals surface area (Å²) in [6.07, 6.45) is -1.29. The molecule has 1 aliphatic heterocycles. The van der Waals surface area contributed by atoms with Crippen LogP contribution in [0.3, 0.4) is 0 Å². The van der Waals surface area contributed by atoms with E-state index in [0.29, 0.717) is 0 Å². The number of anilines is 1. The van der Waals surface area contributed by atoms with Gasteiger partial charge in [-0.05, 0) is 26.8 Å². The predicted molar refractivity (Wildman–Crippen MR) is 81.5 cm³/mol. The molecule has 23 heavy (non-hydrogen) atoms. The number of hydrogen-bond donors (Lipinski definition) is 3. The van der Waals surface area contributed by atoms with Crippen molar-refractivity contribution in [3.8, 4) is 0 Å². The lowest BCUT2D eigenvalue weighted by molar-refractivity contribution is -0.00963. The Kier molecular flexibility index (Phi) is 4.62. The Hall–Kier alpha value is -2.13. The first-order chi connectivity index (χ1) is 10.6. The van der Waals surface area contributed by atoms with E-state index in [4.69, 9.17) is 10.5 Å². The fourth-order valence-corrected chi connectivity index (χ4v) is 2.60. The average molecular weight is 326 g/mol. The van der Waals surface area contributed by atoms with Crippen molar-refractivity contribution in [2.75, 3.05) is 12.3 Å². The maximum Gasteiger partial charge on any atom is 0.412 e. The number of aliphatic hydroxyl groups excluding tert-OH is 2. The molecule has 0 spiro atoms. The number of ether oxygens (including phenoxy) is 1. The maximum absolute atomic E-state index is 12.5. The highest BCUT2D eigenvalue weighted by Crippen LogP contribution is 2.33. The summed E-state index contributed by atoms with van der Waals surface area (Å²) in [5, 5.41) is 19.8. The van der Waals surface area contributed by atoms with Crippen LogP contribution in [0.15, 0.2) is 17.1 Å². The normalized spacial score (nSPS) is 24.7. The van der Waals surface area contributed by atoms with Crippen molar-refractivity contribution in [3.05, 3.63) is 22.7 Å². The van der Waals surface area contributed by atoms with Crippen molar-refractivity contribution >= 4 is 11.9 Å². The van der Waals surface area contributed by atoms with E-state index >= 15 is 0 Å². The van der Waals surface area contributed by atoms with Gasteiger partial charge in [-0.1, -0.05) is 0 Å². The molecule has 0 aromatic carbocycles. The van der Waals surface area contributed by atoms with Gasteiger partial charge in [0.1, 0.15) is 17.6 Å². The van der Waals surface area contributed by atoms with Gasteiger partial charge in [-0.2, -0.15) is 4.98 Å². The number of nitrogen functional groups attached to an aromatic ring is 1. The summed E-state index contributed by atoms with van der Waals surface area (Å²) in [7, 11) is 0. The number of hydrogen-bond acceptors (Lipinski definition) is 7. The molecule has 9 nitrogen and oxygen atoms in total. The molecule has 4 N–H and O–H groups in total. The van der Waals surface area contributed by atoms with Crippen molar-refractivity contribution in [2.24, 2.45) is 0 Å². The zero-order valence-corrected chi connectivity index (χ0v) is 13.3. The molecule has 9 heteroatoms. The van der Waals surface area contributed by atoms with E-state index in [1.807, 2.05) is 0 Å². The van der Waals surface area contributed by atoms with E-state index in [9.17, 15) is 19.8 Å². The molecule has 1 fully saturated rings. The summed E-state index contributed by atoms with van der Waals surface area (Å²) in [4.78, 5) is 29.3. The molecule has 0 aliphatic carbocycles. The van der Waals surface area contributed by atoms with Crippen molar-refractivity contribution in [1.29, 1.82) is 0 Å². The van der Waals surface area contributed by atoms with Gasteiger partial charge in [0.2, 0.25) is 0 Å². The lowest BCUT2D eigenvalue weighted by Crippen LogP contribution is -2.47. The minimum atomic E-state index is -1.04. The monoisotopic (exact) mass is 326 g/mol. The summed E-state index contributed by atoms with van der Waals surface area (Å²) >= 11 is 0. The first-order valence-corrected chi connectivity index (χ1v) is 7.29. The molecule has 0 unspecified atom stereocenters. The molecule has 0 saturated carbocycles. The molecule has 2 rings (SSSR count). The van der Waals surface area contributed by atoms with E-state index in [1.54, 1.807) is 20.8 Å². The number of rotatable bonds is 2. The molecule has 3 atom stereocenters. The van der Waals surface area contributed by atoms with Gasteiger partial charge in [0, 0.05) is 12.6 Å². The Morgan fingerprint density at radius 3 is 2.70 bits per heavy atom. The standard InChI is InChI=1S/C14H22N4O5/c1-14(2,3)23-13(22)18-8(7-19)6-9(20)11(18)17-5-4-10(15)16-12(17)21/h4-5,8-9,11,19-20H,6-7H2,1-3H3,(H2,15,16,21)/t8-,9+,11+/m0/s1. The van der Waals surface area contributed by atoms with E-state index in [0.717, 1.165) is 4.57 Å². The third-order valence-electron chi connectivity index (χ3n) is 3.49. The second-order valence-electron chi connectivity index (χ2n) is 6.48.